The van der Waals surface area contributed by atoms with Crippen molar-refractivity contribution >= 4 is 17.5 Å². The van der Waals surface area contributed by atoms with Crippen molar-refractivity contribution < 1.29 is 19.1 Å². The predicted molar refractivity (Wildman–Crippen MR) is 81.9 cm³/mol. The van der Waals surface area contributed by atoms with Crippen LogP contribution in [0.1, 0.15) is 0 Å². The number of benzene rings is 1. The van der Waals surface area contributed by atoms with Gasteiger partial charge in [0.05, 0.1) is 6.61 Å². The van der Waals surface area contributed by atoms with Gasteiger partial charge < -0.3 is 25.0 Å². The number of nitrogens with zero attached hydrogens (tertiary/aromatic N) is 1. The SMILES string of the molecule is CN(C)C(=O)COc1cccc(NC(=O)C2CNCCO2)c1. The van der Waals surface area contributed by atoms with Crippen LogP contribution in [0.15, 0.2) is 24.3 Å². The van der Waals surface area contributed by atoms with Crippen LogP contribution >= 0.6 is 0 Å². The Morgan fingerprint density at radius 3 is 2.95 bits per heavy atom. The van der Waals surface area contributed by atoms with Crippen LogP contribution in [0.5, 0.6) is 5.75 Å². The third-order valence-electron chi connectivity index (χ3n) is 3.18. The van der Waals surface area contributed by atoms with Crippen LogP contribution in [-0.4, -0.2) is 63.2 Å². The van der Waals surface area contributed by atoms with E-state index in [0.29, 0.717) is 24.6 Å². The first kappa shape index (κ1) is 16.3. The van der Waals surface area contributed by atoms with Crippen molar-refractivity contribution in [3.8, 4) is 5.75 Å². The maximum atomic E-state index is 12.1. The molecule has 0 spiro atoms. The summed E-state index contributed by atoms with van der Waals surface area (Å²) < 4.78 is 10.8. The van der Waals surface area contributed by atoms with Crippen molar-refractivity contribution in [3.05, 3.63) is 24.3 Å². The molecular weight excluding hydrogens is 286 g/mol. The first-order valence-electron chi connectivity index (χ1n) is 7.12. The lowest BCUT2D eigenvalue weighted by molar-refractivity contribution is -0.131. The molecule has 1 fully saturated rings. The van der Waals surface area contributed by atoms with Crippen molar-refractivity contribution in [2.24, 2.45) is 0 Å². The predicted octanol–water partition coefficient (Wildman–Crippen LogP) is 0.0805. The average molecular weight is 307 g/mol. The van der Waals surface area contributed by atoms with Gasteiger partial charge in [0, 0.05) is 38.9 Å². The van der Waals surface area contributed by atoms with E-state index >= 15 is 0 Å². The molecule has 1 aromatic rings. The Balaban J connectivity index is 1.90. The molecule has 1 unspecified atom stereocenters. The van der Waals surface area contributed by atoms with Crippen LogP contribution in [0.4, 0.5) is 5.69 Å². The zero-order chi connectivity index (χ0) is 15.9. The second kappa shape index (κ2) is 7.77. The Hall–Kier alpha value is -2.12. The molecule has 0 aliphatic carbocycles. The van der Waals surface area contributed by atoms with E-state index in [2.05, 4.69) is 10.6 Å². The summed E-state index contributed by atoms with van der Waals surface area (Å²) in [5.41, 5.74) is 0.606. The Morgan fingerprint density at radius 1 is 1.45 bits per heavy atom. The number of likely N-dealkylation sites (N-methyl/N-ethyl adjacent to an activating group) is 1. The number of ether oxygens (including phenoxy) is 2. The van der Waals surface area contributed by atoms with Crippen molar-refractivity contribution in [3.63, 3.8) is 0 Å². The summed E-state index contributed by atoms with van der Waals surface area (Å²) in [6.07, 6.45) is -0.492. The molecule has 1 atom stereocenters. The largest absolute Gasteiger partial charge is 0.484 e. The second-order valence-corrected chi connectivity index (χ2v) is 5.16. The van der Waals surface area contributed by atoms with Gasteiger partial charge in [0.1, 0.15) is 11.9 Å². The quantitative estimate of drug-likeness (QED) is 0.805. The topological polar surface area (TPSA) is 79.9 Å². The highest BCUT2D eigenvalue weighted by molar-refractivity contribution is 5.94. The van der Waals surface area contributed by atoms with Gasteiger partial charge in [-0.05, 0) is 12.1 Å². The van der Waals surface area contributed by atoms with Gasteiger partial charge in [-0.15, -0.1) is 0 Å². The first-order valence-corrected chi connectivity index (χ1v) is 7.12. The standard InChI is InChI=1S/C15H21N3O4/c1-18(2)14(19)10-22-12-5-3-4-11(8-12)17-15(20)13-9-16-6-7-21-13/h3-5,8,13,16H,6-7,9-10H2,1-2H3,(H,17,20). The van der Waals surface area contributed by atoms with Crippen LogP contribution in [0, 0.1) is 0 Å². The fourth-order valence-corrected chi connectivity index (χ4v) is 1.89. The number of anilines is 1. The molecule has 1 aliphatic heterocycles. The molecule has 1 aromatic carbocycles. The minimum absolute atomic E-state index is 0.0416. The van der Waals surface area contributed by atoms with E-state index in [-0.39, 0.29) is 18.4 Å². The maximum absolute atomic E-state index is 12.1. The molecule has 1 aliphatic rings. The van der Waals surface area contributed by atoms with E-state index in [1.165, 1.54) is 4.90 Å². The van der Waals surface area contributed by atoms with Gasteiger partial charge in [-0.1, -0.05) is 6.07 Å². The van der Waals surface area contributed by atoms with Gasteiger partial charge in [-0.25, -0.2) is 0 Å². The Kier molecular flexibility index (Phi) is 5.74. The molecule has 0 aromatic heterocycles. The number of rotatable bonds is 5. The Morgan fingerprint density at radius 2 is 2.27 bits per heavy atom. The highest BCUT2D eigenvalue weighted by Gasteiger charge is 2.21. The van der Waals surface area contributed by atoms with E-state index in [1.54, 1.807) is 38.4 Å². The summed E-state index contributed by atoms with van der Waals surface area (Å²) >= 11 is 0. The van der Waals surface area contributed by atoms with E-state index in [9.17, 15) is 9.59 Å². The van der Waals surface area contributed by atoms with Crippen molar-refractivity contribution in [2.45, 2.75) is 6.10 Å². The Labute approximate surface area is 129 Å². The molecule has 1 heterocycles. The molecule has 1 saturated heterocycles. The lowest BCUT2D eigenvalue weighted by Gasteiger charge is -2.22. The molecule has 7 heteroatoms. The van der Waals surface area contributed by atoms with Crippen LogP contribution in [0.25, 0.3) is 0 Å². The van der Waals surface area contributed by atoms with E-state index in [1.807, 2.05) is 0 Å². The summed E-state index contributed by atoms with van der Waals surface area (Å²) in [5, 5.41) is 5.89. The minimum Gasteiger partial charge on any atom is -0.484 e. The number of hydrogen-bond acceptors (Lipinski definition) is 5. The van der Waals surface area contributed by atoms with E-state index in [4.69, 9.17) is 9.47 Å². The molecule has 22 heavy (non-hydrogen) atoms. The van der Waals surface area contributed by atoms with Gasteiger partial charge in [0.2, 0.25) is 0 Å². The molecule has 0 bridgehead atoms. The fourth-order valence-electron chi connectivity index (χ4n) is 1.89. The van der Waals surface area contributed by atoms with Crippen LogP contribution in [0.2, 0.25) is 0 Å². The lowest BCUT2D eigenvalue weighted by Crippen LogP contribution is -2.45. The number of amides is 2. The lowest BCUT2D eigenvalue weighted by atomic mass is 10.2. The summed E-state index contributed by atoms with van der Waals surface area (Å²) in [6.45, 7) is 1.74. The fraction of sp³-hybridized carbons (Fsp3) is 0.467. The minimum atomic E-state index is -0.492. The summed E-state index contributed by atoms with van der Waals surface area (Å²) in [5.74, 6) is 0.195. The van der Waals surface area contributed by atoms with Crippen LogP contribution < -0.4 is 15.4 Å². The van der Waals surface area contributed by atoms with Crippen molar-refractivity contribution in [1.29, 1.82) is 0 Å². The third kappa shape index (κ3) is 4.71. The molecule has 0 saturated carbocycles. The molecule has 120 valence electrons. The molecule has 0 radical (unpaired) electrons. The highest BCUT2D eigenvalue weighted by Crippen LogP contribution is 2.18. The summed E-state index contributed by atoms with van der Waals surface area (Å²) in [6, 6.07) is 6.92. The summed E-state index contributed by atoms with van der Waals surface area (Å²) in [4.78, 5) is 25.0. The smallest absolute Gasteiger partial charge is 0.259 e. The molecule has 2 rings (SSSR count). The molecular formula is C15H21N3O4. The van der Waals surface area contributed by atoms with Gasteiger partial charge >= 0.3 is 0 Å². The zero-order valence-electron chi connectivity index (χ0n) is 12.8. The second-order valence-electron chi connectivity index (χ2n) is 5.16. The maximum Gasteiger partial charge on any atom is 0.259 e. The number of carbonyl (C=O) groups is 2. The number of nitrogens with one attached hydrogen (secondary N) is 2. The molecule has 7 nitrogen and oxygen atoms in total. The first-order chi connectivity index (χ1) is 10.6. The van der Waals surface area contributed by atoms with Gasteiger partial charge in [-0.2, -0.15) is 0 Å². The third-order valence-corrected chi connectivity index (χ3v) is 3.18. The zero-order valence-corrected chi connectivity index (χ0v) is 12.8. The van der Waals surface area contributed by atoms with Crippen molar-refractivity contribution in [1.82, 2.24) is 10.2 Å². The Bertz CT molecular complexity index is 527. The summed E-state index contributed by atoms with van der Waals surface area (Å²) in [7, 11) is 3.33. The number of carbonyl (C=O) groups excluding carboxylic acids is 2. The average Bonchev–Trinajstić information content (AvgIpc) is 2.53. The van der Waals surface area contributed by atoms with Gasteiger partial charge in [0.25, 0.3) is 11.8 Å². The molecule has 2 N–H and O–H groups in total. The highest BCUT2D eigenvalue weighted by atomic mass is 16.5. The van der Waals surface area contributed by atoms with Crippen LogP contribution in [-0.2, 0) is 14.3 Å². The molecule has 2 amide bonds. The van der Waals surface area contributed by atoms with Crippen molar-refractivity contribution in [2.75, 3.05) is 45.7 Å². The van der Waals surface area contributed by atoms with E-state index in [0.717, 1.165) is 6.54 Å². The normalized spacial score (nSPS) is 17.6. The van der Waals surface area contributed by atoms with Crippen LogP contribution in [0.3, 0.4) is 0 Å². The van der Waals surface area contributed by atoms with E-state index < -0.39 is 6.10 Å². The van der Waals surface area contributed by atoms with Gasteiger partial charge in [0.15, 0.2) is 6.61 Å². The monoisotopic (exact) mass is 307 g/mol. The number of hydrogen-bond donors (Lipinski definition) is 2. The number of morpholine rings is 1. The van der Waals surface area contributed by atoms with Gasteiger partial charge in [-0.3, -0.25) is 9.59 Å².